The first-order chi connectivity index (χ1) is 10.6. The summed E-state index contributed by atoms with van der Waals surface area (Å²) in [4.78, 5) is 11.9. The highest BCUT2D eigenvalue weighted by atomic mass is 16.7. The van der Waals surface area contributed by atoms with Gasteiger partial charge in [-0.2, -0.15) is 0 Å². The second-order valence-corrected chi connectivity index (χ2v) is 7.14. The van der Waals surface area contributed by atoms with E-state index in [4.69, 9.17) is 15.0 Å². The van der Waals surface area contributed by atoms with E-state index in [1.54, 1.807) is 10.8 Å². The van der Waals surface area contributed by atoms with Crippen molar-refractivity contribution in [1.82, 2.24) is 4.57 Å². The van der Waals surface area contributed by atoms with Crippen LogP contribution in [0.1, 0.15) is 50.9 Å². The molecule has 23 heavy (non-hydrogen) atoms. The van der Waals surface area contributed by atoms with Crippen molar-refractivity contribution in [3.05, 3.63) is 36.0 Å². The predicted octanol–water partition coefficient (Wildman–Crippen LogP) is 2.93. The van der Waals surface area contributed by atoms with Gasteiger partial charge in [-0.3, -0.25) is 9.36 Å². The summed E-state index contributed by atoms with van der Waals surface area (Å²) in [7, 11) is -0.550. The fourth-order valence-electron chi connectivity index (χ4n) is 2.91. The monoisotopic (exact) mass is 314 g/mol. The Morgan fingerprint density at radius 2 is 1.74 bits per heavy atom. The summed E-state index contributed by atoms with van der Waals surface area (Å²) in [6.45, 7) is 9.53. The molecule has 3 rings (SSSR count). The van der Waals surface area contributed by atoms with Crippen molar-refractivity contribution in [2.24, 2.45) is 5.73 Å². The van der Waals surface area contributed by atoms with Crippen molar-refractivity contribution in [2.45, 2.75) is 51.8 Å². The third kappa shape index (κ3) is 2.51. The van der Waals surface area contributed by atoms with Crippen LogP contribution in [0, 0.1) is 0 Å². The molecule has 0 amide bonds. The lowest BCUT2D eigenvalue weighted by Gasteiger charge is -2.32. The molecule has 2 N–H and O–H groups in total. The molecule has 0 unspecified atom stereocenters. The topological polar surface area (TPSA) is 66.5 Å². The average molecular weight is 314 g/mol. The number of hydrogen-bond donors (Lipinski definition) is 1. The van der Waals surface area contributed by atoms with Crippen LogP contribution in [-0.2, 0) is 9.31 Å². The third-order valence-corrected chi connectivity index (χ3v) is 5.01. The summed E-state index contributed by atoms with van der Waals surface area (Å²) in [5, 5.41) is 0.949. The molecule has 0 saturated carbocycles. The summed E-state index contributed by atoms with van der Waals surface area (Å²) in [5.41, 5.74) is 7.28. The molecule has 5 nitrogen and oxygen atoms in total. The second-order valence-electron chi connectivity index (χ2n) is 7.14. The summed E-state index contributed by atoms with van der Waals surface area (Å²) in [6.07, 6.45) is 1.79. The molecule has 1 aliphatic rings. The van der Waals surface area contributed by atoms with Gasteiger partial charge in [0.25, 0.3) is 0 Å². The normalized spacial score (nSPS) is 20.9. The molecular weight excluding hydrogens is 291 g/mol. The van der Waals surface area contributed by atoms with Crippen molar-refractivity contribution >= 4 is 23.9 Å². The lowest BCUT2D eigenvalue weighted by molar-refractivity contribution is 0.00578. The summed E-state index contributed by atoms with van der Waals surface area (Å²) in [5.74, 6) is -0.518. The van der Waals surface area contributed by atoms with E-state index < -0.39 is 24.3 Å². The summed E-state index contributed by atoms with van der Waals surface area (Å²) < 4.78 is 13.7. The van der Waals surface area contributed by atoms with Gasteiger partial charge in [0.1, 0.15) is 0 Å². The quantitative estimate of drug-likeness (QED) is 0.866. The van der Waals surface area contributed by atoms with Gasteiger partial charge in [0, 0.05) is 18.5 Å². The Bertz CT molecular complexity index is 750. The molecule has 2 aromatic rings. The van der Waals surface area contributed by atoms with E-state index in [0.717, 1.165) is 16.5 Å². The highest BCUT2D eigenvalue weighted by Crippen LogP contribution is 2.40. The number of nitrogens with two attached hydrogens (primary N) is 1. The highest BCUT2D eigenvalue weighted by Gasteiger charge is 2.53. The largest absolute Gasteiger partial charge is 0.480 e. The minimum absolute atomic E-state index is 0.0476. The fraction of sp³-hybridized carbons (Fsp3) is 0.471. The Labute approximate surface area is 136 Å². The van der Waals surface area contributed by atoms with Crippen LogP contribution in [-0.4, -0.2) is 28.8 Å². The van der Waals surface area contributed by atoms with Crippen molar-refractivity contribution in [1.29, 1.82) is 0 Å². The van der Waals surface area contributed by atoms with Crippen LogP contribution in [0.4, 0.5) is 0 Å². The first-order valence-corrected chi connectivity index (χ1v) is 7.86. The van der Waals surface area contributed by atoms with Crippen molar-refractivity contribution in [2.75, 3.05) is 0 Å². The van der Waals surface area contributed by atoms with Crippen LogP contribution in [0.3, 0.4) is 0 Å². The van der Waals surface area contributed by atoms with Gasteiger partial charge in [0.2, 0.25) is 5.91 Å². The van der Waals surface area contributed by atoms with Gasteiger partial charge < -0.3 is 15.0 Å². The number of benzene rings is 1. The van der Waals surface area contributed by atoms with Gasteiger partial charge >= 0.3 is 7.12 Å². The Balaban J connectivity index is 2.03. The number of aromatic nitrogens is 1. The van der Waals surface area contributed by atoms with Gasteiger partial charge in [-0.1, -0.05) is 18.2 Å². The molecule has 6 heteroatoms. The first kappa shape index (κ1) is 16.2. The van der Waals surface area contributed by atoms with Gasteiger partial charge in [0.15, 0.2) is 0 Å². The number of nitrogens with zero attached hydrogens (tertiary/aromatic N) is 1. The van der Waals surface area contributed by atoms with E-state index in [0.29, 0.717) is 0 Å². The third-order valence-electron chi connectivity index (χ3n) is 5.01. The second kappa shape index (κ2) is 5.19. The smallest absolute Gasteiger partial charge is 0.402 e. The molecule has 1 aromatic heterocycles. The molecule has 0 aliphatic carbocycles. The number of fused-ring (bicyclic) bond motifs is 1. The standard InChI is InChI=1S/C17H23BN2O3/c1-11(21)20-10-13(12-8-6-7-9-14(12)20)15(19)18-22-16(2,3)17(4,5)23-18/h6-10,15H,19H2,1-5H3/t15-/m0/s1. The number of rotatable bonds is 2. The number of carbonyl (C=O) groups excluding carboxylic acids is 1. The molecule has 0 radical (unpaired) electrons. The maximum Gasteiger partial charge on any atom is 0.480 e. The summed E-state index contributed by atoms with van der Waals surface area (Å²) in [6, 6.07) is 7.73. The van der Waals surface area contributed by atoms with Gasteiger partial charge in [-0.25, -0.2) is 0 Å². The van der Waals surface area contributed by atoms with Gasteiger partial charge in [-0.15, -0.1) is 0 Å². The van der Waals surface area contributed by atoms with Crippen LogP contribution in [0.15, 0.2) is 30.5 Å². The Hall–Kier alpha value is -1.63. The van der Waals surface area contributed by atoms with E-state index in [1.807, 2.05) is 52.0 Å². The molecule has 1 fully saturated rings. The molecule has 122 valence electrons. The molecule has 0 spiro atoms. The first-order valence-electron chi connectivity index (χ1n) is 7.86. The molecule has 1 aliphatic heterocycles. The van der Waals surface area contributed by atoms with E-state index >= 15 is 0 Å². The van der Waals surface area contributed by atoms with Crippen LogP contribution >= 0.6 is 0 Å². The predicted molar refractivity (Wildman–Crippen MR) is 91.2 cm³/mol. The maximum atomic E-state index is 11.9. The lowest BCUT2D eigenvalue weighted by Crippen LogP contribution is -2.41. The number of hydrogen-bond acceptors (Lipinski definition) is 4. The molecule has 0 bridgehead atoms. The van der Waals surface area contributed by atoms with Crippen LogP contribution in [0.5, 0.6) is 0 Å². The maximum absolute atomic E-state index is 11.9. The van der Waals surface area contributed by atoms with E-state index in [2.05, 4.69) is 0 Å². The molecule has 2 heterocycles. The minimum Gasteiger partial charge on any atom is -0.402 e. The van der Waals surface area contributed by atoms with Crippen LogP contribution in [0.25, 0.3) is 10.9 Å². The minimum atomic E-state index is -0.550. The van der Waals surface area contributed by atoms with Crippen molar-refractivity contribution < 1.29 is 14.1 Å². The van der Waals surface area contributed by atoms with Crippen LogP contribution in [0.2, 0.25) is 0 Å². The number of para-hydroxylation sites is 1. The van der Waals surface area contributed by atoms with Crippen LogP contribution < -0.4 is 5.73 Å². The molecule has 1 atom stereocenters. The Morgan fingerprint density at radius 1 is 1.17 bits per heavy atom. The average Bonchev–Trinajstić information content (AvgIpc) is 2.94. The Morgan fingerprint density at radius 3 is 2.30 bits per heavy atom. The van der Waals surface area contributed by atoms with E-state index in [1.165, 1.54) is 6.92 Å². The van der Waals surface area contributed by atoms with Crippen molar-refractivity contribution in [3.63, 3.8) is 0 Å². The molecule has 1 saturated heterocycles. The SMILES string of the molecule is CC(=O)n1cc([C@H](N)B2OC(C)(C)C(C)(C)O2)c2ccccc21. The highest BCUT2D eigenvalue weighted by molar-refractivity contribution is 6.47. The Kier molecular flexibility index (Phi) is 3.67. The van der Waals surface area contributed by atoms with E-state index in [-0.39, 0.29) is 5.91 Å². The zero-order valence-corrected chi connectivity index (χ0v) is 14.3. The molecule has 1 aromatic carbocycles. The lowest BCUT2D eigenvalue weighted by atomic mass is 9.75. The zero-order valence-electron chi connectivity index (χ0n) is 14.3. The number of carbonyl (C=O) groups is 1. The van der Waals surface area contributed by atoms with E-state index in [9.17, 15) is 4.79 Å². The fourth-order valence-corrected chi connectivity index (χ4v) is 2.91. The zero-order chi connectivity index (χ0) is 17.0. The van der Waals surface area contributed by atoms with Gasteiger partial charge in [0.05, 0.1) is 22.7 Å². The molecular formula is C17H23BN2O3. The van der Waals surface area contributed by atoms with Crippen molar-refractivity contribution in [3.8, 4) is 0 Å². The summed E-state index contributed by atoms with van der Waals surface area (Å²) >= 11 is 0. The van der Waals surface area contributed by atoms with Gasteiger partial charge in [-0.05, 0) is 39.3 Å².